The zero-order valence-corrected chi connectivity index (χ0v) is 11.4. The van der Waals surface area contributed by atoms with E-state index in [-0.39, 0.29) is 0 Å². The van der Waals surface area contributed by atoms with Crippen LogP contribution < -0.4 is 0 Å². The second-order valence-electron chi connectivity index (χ2n) is 5.03. The molecule has 1 atom stereocenters. The Balaban J connectivity index is 2.66. The molecule has 19 heavy (non-hydrogen) atoms. The van der Waals surface area contributed by atoms with Gasteiger partial charge in [-0.05, 0) is 39.0 Å². The van der Waals surface area contributed by atoms with Crippen molar-refractivity contribution in [2.24, 2.45) is 5.41 Å². The fourth-order valence-corrected chi connectivity index (χ4v) is 1.15. The lowest BCUT2D eigenvalue weighted by Crippen LogP contribution is -2.30. The maximum Gasteiger partial charge on any atom is 0.341 e. The number of carbonyl (C=O) groups excluding carboxylic acids is 2. The first-order chi connectivity index (χ1) is 8.84. The third-order valence-corrected chi connectivity index (χ3v) is 2.26. The molecule has 0 saturated carbocycles. The number of hydrogen-bond acceptors (Lipinski definition) is 4. The fourth-order valence-electron chi connectivity index (χ4n) is 1.15. The highest BCUT2D eigenvalue weighted by Gasteiger charge is 2.26. The summed E-state index contributed by atoms with van der Waals surface area (Å²) in [5.74, 6) is -1.02. The van der Waals surface area contributed by atoms with E-state index < -0.39 is 23.6 Å². The zero-order valence-electron chi connectivity index (χ0n) is 11.4. The van der Waals surface area contributed by atoms with E-state index in [1.165, 1.54) is 6.08 Å². The standard InChI is InChI=1S/C15H18O4/c1-5-12(19-14(17)15(2,3)4)18-13(16)11-9-7-6-8-10-11/h5-10,12H,1H2,2-4H3/t12-/m0/s1. The van der Waals surface area contributed by atoms with Crippen LogP contribution in [0, 0.1) is 5.41 Å². The summed E-state index contributed by atoms with van der Waals surface area (Å²) in [4.78, 5) is 23.5. The van der Waals surface area contributed by atoms with Gasteiger partial charge in [0.15, 0.2) is 0 Å². The first-order valence-electron chi connectivity index (χ1n) is 5.94. The van der Waals surface area contributed by atoms with Gasteiger partial charge < -0.3 is 9.47 Å². The number of esters is 2. The lowest BCUT2D eigenvalue weighted by atomic mass is 9.97. The van der Waals surface area contributed by atoms with Crippen molar-refractivity contribution >= 4 is 11.9 Å². The summed E-state index contributed by atoms with van der Waals surface area (Å²) < 4.78 is 10.1. The lowest BCUT2D eigenvalue weighted by Gasteiger charge is -2.21. The van der Waals surface area contributed by atoms with Crippen LogP contribution in [0.25, 0.3) is 0 Å². The molecular weight excluding hydrogens is 244 g/mol. The fraction of sp³-hybridized carbons (Fsp3) is 0.333. The number of rotatable bonds is 4. The second kappa shape index (κ2) is 6.18. The molecule has 0 amide bonds. The Morgan fingerprint density at radius 1 is 1.16 bits per heavy atom. The molecule has 0 aromatic heterocycles. The predicted molar refractivity (Wildman–Crippen MR) is 71.4 cm³/mol. The van der Waals surface area contributed by atoms with Crippen molar-refractivity contribution in [3.8, 4) is 0 Å². The maximum absolute atomic E-state index is 11.8. The van der Waals surface area contributed by atoms with Crippen molar-refractivity contribution in [3.05, 3.63) is 48.6 Å². The highest BCUT2D eigenvalue weighted by atomic mass is 16.7. The summed E-state index contributed by atoms with van der Waals surface area (Å²) in [5.41, 5.74) is -0.276. The van der Waals surface area contributed by atoms with Crippen molar-refractivity contribution in [1.82, 2.24) is 0 Å². The van der Waals surface area contributed by atoms with Gasteiger partial charge in [0, 0.05) is 0 Å². The third-order valence-electron chi connectivity index (χ3n) is 2.26. The van der Waals surface area contributed by atoms with Crippen molar-refractivity contribution in [2.75, 3.05) is 0 Å². The molecule has 0 saturated heterocycles. The largest absolute Gasteiger partial charge is 0.421 e. The molecule has 0 radical (unpaired) electrons. The van der Waals surface area contributed by atoms with Crippen LogP contribution in [0.5, 0.6) is 0 Å². The third kappa shape index (κ3) is 4.58. The van der Waals surface area contributed by atoms with Crippen LogP contribution in [-0.4, -0.2) is 18.2 Å². The topological polar surface area (TPSA) is 52.6 Å². The SMILES string of the molecule is C=C[C@@H](OC(=O)c1ccccc1)OC(=O)C(C)(C)C. The molecule has 4 nitrogen and oxygen atoms in total. The van der Waals surface area contributed by atoms with Crippen LogP contribution in [0.1, 0.15) is 31.1 Å². The minimum Gasteiger partial charge on any atom is -0.421 e. The smallest absolute Gasteiger partial charge is 0.341 e. The molecule has 0 spiro atoms. The monoisotopic (exact) mass is 262 g/mol. The Kier molecular flexibility index (Phi) is 4.87. The molecule has 0 unspecified atom stereocenters. The van der Waals surface area contributed by atoms with Gasteiger partial charge in [0.2, 0.25) is 0 Å². The van der Waals surface area contributed by atoms with Gasteiger partial charge in [-0.1, -0.05) is 24.8 Å². The molecular formula is C15H18O4. The van der Waals surface area contributed by atoms with Gasteiger partial charge in [0.1, 0.15) is 0 Å². The van der Waals surface area contributed by atoms with E-state index in [0.29, 0.717) is 5.56 Å². The van der Waals surface area contributed by atoms with Gasteiger partial charge >= 0.3 is 11.9 Å². The first kappa shape index (κ1) is 15.0. The van der Waals surface area contributed by atoms with Crippen LogP contribution in [0.15, 0.2) is 43.0 Å². The molecule has 0 aliphatic carbocycles. The highest BCUT2D eigenvalue weighted by molar-refractivity contribution is 5.89. The Morgan fingerprint density at radius 3 is 2.21 bits per heavy atom. The van der Waals surface area contributed by atoms with Crippen molar-refractivity contribution in [3.63, 3.8) is 0 Å². The molecule has 0 N–H and O–H groups in total. The van der Waals surface area contributed by atoms with E-state index in [9.17, 15) is 9.59 Å². The first-order valence-corrected chi connectivity index (χ1v) is 5.94. The van der Waals surface area contributed by atoms with Crippen LogP contribution in [0.4, 0.5) is 0 Å². The maximum atomic E-state index is 11.8. The number of ether oxygens (including phenoxy) is 2. The van der Waals surface area contributed by atoms with Crippen LogP contribution in [-0.2, 0) is 14.3 Å². The minimum atomic E-state index is -1.08. The summed E-state index contributed by atoms with van der Waals surface area (Å²) >= 11 is 0. The van der Waals surface area contributed by atoms with E-state index in [4.69, 9.17) is 9.47 Å². The Labute approximate surface area is 113 Å². The van der Waals surface area contributed by atoms with Crippen LogP contribution >= 0.6 is 0 Å². The van der Waals surface area contributed by atoms with Crippen LogP contribution in [0.3, 0.4) is 0 Å². The Morgan fingerprint density at radius 2 is 1.74 bits per heavy atom. The minimum absolute atomic E-state index is 0.390. The zero-order chi connectivity index (χ0) is 14.5. The predicted octanol–water partition coefficient (Wildman–Crippen LogP) is 2.94. The Bertz CT molecular complexity index is 457. The summed E-state index contributed by atoms with van der Waals surface area (Å²) in [6, 6.07) is 8.48. The highest BCUT2D eigenvalue weighted by Crippen LogP contribution is 2.17. The quantitative estimate of drug-likeness (QED) is 0.475. The molecule has 0 aliphatic rings. The van der Waals surface area contributed by atoms with Gasteiger partial charge in [0.25, 0.3) is 6.29 Å². The Hall–Kier alpha value is -2.10. The molecule has 0 fully saturated rings. The molecule has 1 aromatic carbocycles. The molecule has 102 valence electrons. The van der Waals surface area contributed by atoms with Gasteiger partial charge in [-0.15, -0.1) is 0 Å². The van der Waals surface area contributed by atoms with Gasteiger partial charge in [-0.3, -0.25) is 4.79 Å². The summed E-state index contributed by atoms with van der Waals surface area (Å²) in [5, 5.41) is 0. The van der Waals surface area contributed by atoms with E-state index in [1.54, 1.807) is 51.1 Å². The number of hydrogen-bond donors (Lipinski definition) is 0. The second-order valence-corrected chi connectivity index (χ2v) is 5.03. The lowest BCUT2D eigenvalue weighted by molar-refractivity contribution is -0.170. The molecule has 4 heteroatoms. The van der Waals surface area contributed by atoms with Crippen LogP contribution in [0.2, 0.25) is 0 Å². The average Bonchev–Trinajstić information content (AvgIpc) is 2.37. The molecule has 0 aliphatic heterocycles. The average molecular weight is 262 g/mol. The summed E-state index contributed by atoms with van der Waals surface area (Å²) in [6.07, 6.45) is 0.184. The van der Waals surface area contributed by atoms with E-state index >= 15 is 0 Å². The normalized spacial score (nSPS) is 12.4. The van der Waals surface area contributed by atoms with Gasteiger partial charge in [-0.2, -0.15) is 0 Å². The van der Waals surface area contributed by atoms with Crippen molar-refractivity contribution in [1.29, 1.82) is 0 Å². The summed E-state index contributed by atoms with van der Waals surface area (Å²) in [7, 11) is 0. The van der Waals surface area contributed by atoms with E-state index in [0.717, 1.165) is 0 Å². The van der Waals surface area contributed by atoms with E-state index in [2.05, 4.69) is 6.58 Å². The summed E-state index contributed by atoms with van der Waals surface area (Å²) in [6.45, 7) is 8.64. The molecule has 1 aromatic rings. The van der Waals surface area contributed by atoms with Gasteiger partial charge in [-0.25, -0.2) is 4.79 Å². The van der Waals surface area contributed by atoms with Gasteiger partial charge in [0.05, 0.1) is 11.0 Å². The molecule has 1 rings (SSSR count). The van der Waals surface area contributed by atoms with E-state index in [1.807, 2.05) is 0 Å². The molecule has 0 heterocycles. The number of carbonyl (C=O) groups is 2. The van der Waals surface area contributed by atoms with Crippen molar-refractivity contribution < 1.29 is 19.1 Å². The van der Waals surface area contributed by atoms with Crippen molar-refractivity contribution in [2.45, 2.75) is 27.1 Å². The number of benzene rings is 1. The molecule has 0 bridgehead atoms.